The van der Waals surface area contributed by atoms with Crippen molar-refractivity contribution >= 4 is 6.09 Å². The van der Waals surface area contributed by atoms with Gasteiger partial charge in [-0.05, 0) is 32.8 Å². The van der Waals surface area contributed by atoms with Crippen LogP contribution in [0.25, 0.3) is 0 Å². The Labute approximate surface area is 105 Å². The van der Waals surface area contributed by atoms with Crippen LogP contribution in [-0.2, 0) is 17.6 Å². The molecule has 0 saturated heterocycles. The summed E-state index contributed by atoms with van der Waals surface area (Å²) in [6, 6.07) is -0.0466. The van der Waals surface area contributed by atoms with E-state index >= 15 is 0 Å². The van der Waals surface area contributed by atoms with Gasteiger partial charge in [0.15, 0.2) is 0 Å². The number of carbonyl (C=O) groups excluding carboxylic acids is 1. The van der Waals surface area contributed by atoms with Crippen molar-refractivity contribution in [1.82, 2.24) is 15.3 Å². The number of amides is 1. The van der Waals surface area contributed by atoms with Crippen molar-refractivity contribution in [1.29, 1.82) is 0 Å². The van der Waals surface area contributed by atoms with Gasteiger partial charge in [-0.25, -0.2) is 14.6 Å². The number of nitrogens with zero attached hydrogens (tertiary/aromatic N) is 1. The van der Waals surface area contributed by atoms with Gasteiger partial charge in [-0.1, -0.05) is 0 Å². The number of carbonyl (C=O) groups is 1. The molecular weight excluding hydrogens is 234 g/mol. The van der Waals surface area contributed by atoms with Gasteiger partial charge < -0.3 is 15.0 Å². The first-order valence-corrected chi connectivity index (χ1v) is 5.90. The van der Waals surface area contributed by atoms with Crippen molar-refractivity contribution in [3.63, 3.8) is 0 Å². The Hall–Kier alpha value is -1.85. The van der Waals surface area contributed by atoms with Crippen LogP contribution in [0.3, 0.4) is 0 Å². The highest BCUT2D eigenvalue weighted by atomic mass is 16.6. The van der Waals surface area contributed by atoms with Crippen molar-refractivity contribution in [2.24, 2.45) is 0 Å². The van der Waals surface area contributed by atoms with Crippen LogP contribution in [0.1, 0.15) is 32.0 Å². The molecule has 1 heterocycles. The first-order chi connectivity index (χ1) is 8.33. The molecule has 1 aromatic rings. The lowest BCUT2D eigenvalue weighted by molar-refractivity contribution is 0.0506. The summed E-state index contributed by atoms with van der Waals surface area (Å²) in [5.41, 5.74) is 0.948. The van der Waals surface area contributed by atoms with E-state index in [0.29, 0.717) is 12.8 Å². The zero-order valence-corrected chi connectivity index (χ0v) is 10.7. The Morgan fingerprint density at radius 3 is 2.89 bits per heavy atom. The molecule has 98 valence electrons. The van der Waals surface area contributed by atoms with E-state index in [-0.39, 0.29) is 11.7 Å². The lowest BCUT2D eigenvalue weighted by atomic mass is 10.2. The molecule has 0 aromatic carbocycles. The van der Waals surface area contributed by atoms with E-state index in [9.17, 15) is 9.59 Å². The standard InChI is InChI=1S/C12H17N3O3/c1-12(2,3)18-11(17)14-8-4-7-6-13-10(16)15-9(7)5-8/h6,8H,4-5H2,1-3H3,(H,14,17)(H,13,15,16). The first kappa shape index (κ1) is 12.6. The highest BCUT2D eigenvalue weighted by molar-refractivity contribution is 5.68. The van der Waals surface area contributed by atoms with Crippen LogP contribution in [0, 0.1) is 0 Å². The van der Waals surface area contributed by atoms with E-state index in [2.05, 4.69) is 15.3 Å². The molecule has 0 radical (unpaired) electrons. The molecule has 1 atom stereocenters. The average molecular weight is 251 g/mol. The fourth-order valence-electron chi connectivity index (χ4n) is 1.97. The maximum atomic E-state index is 11.6. The number of aromatic nitrogens is 2. The summed E-state index contributed by atoms with van der Waals surface area (Å²) in [7, 11) is 0. The van der Waals surface area contributed by atoms with E-state index in [0.717, 1.165) is 11.3 Å². The van der Waals surface area contributed by atoms with Gasteiger partial charge in [-0.3, -0.25) is 0 Å². The molecule has 0 fully saturated rings. The fraction of sp³-hybridized carbons (Fsp3) is 0.583. The quantitative estimate of drug-likeness (QED) is 0.771. The minimum absolute atomic E-state index is 0.0466. The lowest BCUT2D eigenvalue weighted by Crippen LogP contribution is -2.39. The van der Waals surface area contributed by atoms with Gasteiger partial charge in [-0.2, -0.15) is 0 Å². The normalized spacial score (nSPS) is 18.3. The average Bonchev–Trinajstić information content (AvgIpc) is 2.55. The van der Waals surface area contributed by atoms with E-state index in [1.54, 1.807) is 6.20 Å². The van der Waals surface area contributed by atoms with Crippen LogP contribution >= 0.6 is 0 Å². The van der Waals surface area contributed by atoms with Gasteiger partial charge in [0.25, 0.3) is 0 Å². The monoisotopic (exact) mass is 251 g/mol. The molecule has 18 heavy (non-hydrogen) atoms. The van der Waals surface area contributed by atoms with Crippen molar-refractivity contribution in [3.05, 3.63) is 27.9 Å². The van der Waals surface area contributed by atoms with Gasteiger partial charge in [0.1, 0.15) is 5.60 Å². The third kappa shape index (κ3) is 3.09. The summed E-state index contributed by atoms with van der Waals surface area (Å²) >= 11 is 0. The first-order valence-electron chi connectivity index (χ1n) is 5.90. The SMILES string of the molecule is CC(C)(C)OC(=O)NC1Cc2cnc(=O)[nH]c2C1. The highest BCUT2D eigenvalue weighted by Gasteiger charge is 2.26. The third-order valence-electron chi connectivity index (χ3n) is 2.62. The molecule has 6 nitrogen and oxygen atoms in total. The summed E-state index contributed by atoms with van der Waals surface area (Å²) in [5.74, 6) is 0. The van der Waals surface area contributed by atoms with Gasteiger partial charge >= 0.3 is 11.8 Å². The van der Waals surface area contributed by atoms with Crippen LogP contribution in [0.5, 0.6) is 0 Å². The molecule has 2 N–H and O–H groups in total. The van der Waals surface area contributed by atoms with Crippen LogP contribution in [0.2, 0.25) is 0 Å². The molecule has 1 aromatic heterocycles. The van der Waals surface area contributed by atoms with Crippen molar-refractivity contribution < 1.29 is 9.53 Å². The second kappa shape index (κ2) is 4.44. The highest BCUT2D eigenvalue weighted by Crippen LogP contribution is 2.18. The Morgan fingerprint density at radius 1 is 1.50 bits per heavy atom. The zero-order valence-electron chi connectivity index (χ0n) is 10.7. The molecule has 1 aliphatic carbocycles. The van der Waals surface area contributed by atoms with Gasteiger partial charge in [0.2, 0.25) is 0 Å². The number of nitrogens with one attached hydrogen (secondary N) is 2. The fourth-order valence-corrected chi connectivity index (χ4v) is 1.97. The zero-order chi connectivity index (χ0) is 13.3. The van der Waals surface area contributed by atoms with E-state index < -0.39 is 11.7 Å². The predicted octanol–water partition coefficient (Wildman–Crippen LogP) is 0.762. The van der Waals surface area contributed by atoms with Gasteiger partial charge in [0.05, 0.1) is 0 Å². The van der Waals surface area contributed by atoms with Crippen LogP contribution in [-0.4, -0.2) is 27.7 Å². The number of H-pyrrole nitrogens is 1. The molecule has 1 unspecified atom stereocenters. The van der Waals surface area contributed by atoms with Crippen molar-refractivity contribution in [3.8, 4) is 0 Å². The Balaban J connectivity index is 1.96. The summed E-state index contributed by atoms with van der Waals surface area (Å²) < 4.78 is 5.18. The molecule has 0 spiro atoms. The second-order valence-corrected chi connectivity index (χ2v) is 5.44. The Bertz CT molecular complexity index is 516. The summed E-state index contributed by atoms with van der Waals surface area (Å²) in [6.07, 6.45) is 2.39. The van der Waals surface area contributed by atoms with E-state index in [4.69, 9.17) is 4.74 Å². The van der Waals surface area contributed by atoms with Crippen molar-refractivity contribution in [2.75, 3.05) is 0 Å². The van der Waals surface area contributed by atoms with E-state index in [1.165, 1.54) is 0 Å². The summed E-state index contributed by atoms with van der Waals surface area (Å²) in [5, 5.41) is 2.79. The number of alkyl carbamates (subject to hydrolysis) is 1. The molecule has 2 rings (SSSR count). The molecule has 0 saturated carbocycles. The topological polar surface area (TPSA) is 84.1 Å². The van der Waals surface area contributed by atoms with Gasteiger partial charge in [0, 0.05) is 24.4 Å². The number of fused-ring (bicyclic) bond motifs is 1. The third-order valence-corrected chi connectivity index (χ3v) is 2.62. The molecule has 1 aliphatic rings. The summed E-state index contributed by atoms with van der Waals surface area (Å²) in [6.45, 7) is 5.45. The summed E-state index contributed by atoms with van der Waals surface area (Å²) in [4.78, 5) is 29.0. The largest absolute Gasteiger partial charge is 0.444 e. The molecule has 0 bridgehead atoms. The minimum Gasteiger partial charge on any atom is -0.444 e. The number of hydrogen-bond acceptors (Lipinski definition) is 4. The number of ether oxygens (including phenoxy) is 1. The van der Waals surface area contributed by atoms with Crippen LogP contribution in [0.4, 0.5) is 4.79 Å². The lowest BCUT2D eigenvalue weighted by Gasteiger charge is -2.21. The van der Waals surface area contributed by atoms with Crippen LogP contribution < -0.4 is 11.0 Å². The molecule has 0 aliphatic heterocycles. The number of rotatable bonds is 1. The smallest absolute Gasteiger partial charge is 0.407 e. The van der Waals surface area contributed by atoms with E-state index in [1.807, 2.05) is 20.8 Å². The predicted molar refractivity (Wildman–Crippen MR) is 65.4 cm³/mol. The Kier molecular flexibility index (Phi) is 3.11. The van der Waals surface area contributed by atoms with Gasteiger partial charge in [-0.15, -0.1) is 0 Å². The van der Waals surface area contributed by atoms with Crippen LogP contribution in [0.15, 0.2) is 11.0 Å². The Morgan fingerprint density at radius 2 is 2.22 bits per heavy atom. The molecular formula is C12H17N3O3. The molecule has 1 amide bonds. The minimum atomic E-state index is -0.509. The maximum absolute atomic E-state index is 11.6. The number of hydrogen-bond donors (Lipinski definition) is 2. The van der Waals surface area contributed by atoms with Crippen molar-refractivity contribution in [2.45, 2.75) is 45.3 Å². The maximum Gasteiger partial charge on any atom is 0.407 e. The molecule has 6 heteroatoms. The second-order valence-electron chi connectivity index (χ2n) is 5.44. The number of aromatic amines is 1.